The van der Waals surface area contributed by atoms with E-state index in [1.165, 1.54) is 34.4 Å². The largest absolute Gasteiger partial charge is 0.330 e. The molecule has 1 aliphatic carbocycles. The molecule has 2 aromatic rings. The van der Waals surface area contributed by atoms with Crippen LogP contribution >= 0.6 is 11.8 Å². The quantitative estimate of drug-likeness (QED) is 0.931. The second kappa shape index (κ2) is 5.19. The molecule has 21 heavy (non-hydrogen) atoms. The second-order valence-corrected chi connectivity index (χ2v) is 7.92. The van der Waals surface area contributed by atoms with E-state index in [1.807, 2.05) is 0 Å². The Kier molecular flexibility index (Phi) is 3.31. The smallest absolute Gasteiger partial charge is 0.0141 e. The zero-order valence-corrected chi connectivity index (χ0v) is 13.0. The van der Waals surface area contributed by atoms with Crippen molar-refractivity contribution >= 4 is 11.8 Å². The summed E-state index contributed by atoms with van der Waals surface area (Å²) in [6, 6.07) is 17.7. The number of nitrogens with two attached hydrogens (primary N) is 1. The van der Waals surface area contributed by atoms with E-state index >= 15 is 0 Å². The van der Waals surface area contributed by atoms with E-state index in [9.17, 15) is 0 Å². The fraction of sp³-hybridized carbons (Fsp3) is 0.368. The minimum absolute atomic E-state index is 0.281. The standard InChI is InChI=1S/C19H21NS/c20-13-19(10-15-6-1-2-7-16(15)11-19)12-17-9-14-5-3-4-8-18(14)21-17/h1-8,17H,9-13,20H2. The van der Waals surface area contributed by atoms with Gasteiger partial charge in [-0.1, -0.05) is 42.5 Å². The Morgan fingerprint density at radius 1 is 0.952 bits per heavy atom. The van der Waals surface area contributed by atoms with Gasteiger partial charge in [-0.3, -0.25) is 0 Å². The van der Waals surface area contributed by atoms with Crippen LogP contribution in [-0.2, 0) is 19.3 Å². The molecule has 4 rings (SSSR count). The molecule has 0 radical (unpaired) electrons. The summed E-state index contributed by atoms with van der Waals surface area (Å²) in [7, 11) is 0. The zero-order valence-electron chi connectivity index (χ0n) is 12.2. The van der Waals surface area contributed by atoms with Crippen LogP contribution in [0.1, 0.15) is 23.1 Å². The Balaban J connectivity index is 1.52. The lowest BCUT2D eigenvalue weighted by molar-refractivity contribution is 0.288. The van der Waals surface area contributed by atoms with Gasteiger partial charge < -0.3 is 5.73 Å². The lowest BCUT2D eigenvalue weighted by atomic mass is 9.79. The van der Waals surface area contributed by atoms with Crippen molar-refractivity contribution in [1.29, 1.82) is 0 Å². The van der Waals surface area contributed by atoms with Gasteiger partial charge in [0.15, 0.2) is 0 Å². The molecule has 1 aliphatic heterocycles. The summed E-state index contributed by atoms with van der Waals surface area (Å²) in [5.41, 5.74) is 11.1. The van der Waals surface area contributed by atoms with Crippen LogP contribution in [-0.4, -0.2) is 11.8 Å². The summed E-state index contributed by atoms with van der Waals surface area (Å²) in [5, 5.41) is 0.695. The maximum absolute atomic E-state index is 6.22. The molecule has 2 aliphatic rings. The molecule has 2 heteroatoms. The van der Waals surface area contributed by atoms with Gasteiger partial charge in [-0.2, -0.15) is 0 Å². The fourth-order valence-corrected chi connectivity index (χ4v) is 5.51. The lowest BCUT2D eigenvalue weighted by Gasteiger charge is -2.30. The minimum atomic E-state index is 0.281. The summed E-state index contributed by atoms with van der Waals surface area (Å²) in [5.74, 6) is 0. The Hall–Kier alpha value is -1.25. The average molecular weight is 295 g/mol. The predicted octanol–water partition coefficient (Wildman–Crippen LogP) is 3.84. The van der Waals surface area contributed by atoms with E-state index in [-0.39, 0.29) is 5.41 Å². The fourth-order valence-electron chi connectivity index (χ4n) is 4.00. The monoisotopic (exact) mass is 295 g/mol. The highest BCUT2D eigenvalue weighted by Gasteiger charge is 2.39. The molecule has 2 N–H and O–H groups in total. The predicted molar refractivity (Wildman–Crippen MR) is 89.7 cm³/mol. The number of fused-ring (bicyclic) bond motifs is 2. The molecule has 1 heterocycles. The van der Waals surface area contributed by atoms with Crippen LogP contribution in [0, 0.1) is 5.41 Å². The maximum Gasteiger partial charge on any atom is 0.0141 e. The van der Waals surface area contributed by atoms with Crippen molar-refractivity contribution < 1.29 is 0 Å². The van der Waals surface area contributed by atoms with E-state index in [0.29, 0.717) is 5.25 Å². The van der Waals surface area contributed by atoms with E-state index in [4.69, 9.17) is 5.73 Å². The zero-order chi connectivity index (χ0) is 14.3. The minimum Gasteiger partial charge on any atom is -0.330 e. The van der Waals surface area contributed by atoms with Crippen molar-refractivity contribution in [2.24, 2.45) is 11.1 Å². The Labute approximate surface area is 130 Å². The molecule has 0 saturated carbocycles. The molecule has 1 unspecified atom stereocenters. The number of hydrogen-bond donors (Lipinski definition) is 1. The third-order valence-electron chi connectivity index (χ3n) is 5.06. The average Bonchev–Trinajstić information content (AvgIpc) is 3.07. The topological polar surface area (TPSA) is 26.0 Å². The van der Waals surface area contributed by atoms with Crippen LogP contribution in [0.5, 0.6) is 0 Å². The normalized spacial score (nSPS) is 22.0. The Morgan fingerprint density at radius 3 is 2.19 bits per heavy atom. The first-order valence-corrected chi connectivity index (χ1v) is 8.67. The second-order valence-electron chi connectivity index (χ2n) is 6.58. The highest BCUT2D eigenvalue weighted by Crippen LogP contribution is 2.46. The Morgan fingerprint density at radius 2 is 1.57 bits per heavy atom. The van der Waals surface area contributed by atoms with Gasteiger partial charge >= 0.3 is 0 Å². The van der Waals surface area contributed by atoms with Crippen molar-refractivity contribution in [3.8, 4) is 0 Å². The molecule has 1 atom stereocenters. The van der Waals surface area contributed by atoms with Crippen molar-refractivity contribution in [2.75, 3.05) is 6.54 Å². The van der Waals surface area contributed by atoms with Gasteiger partial charge in [0.2, 0.25) is 0 Å². The number of hydrogen-bond acceptors (Lipinski definition) is 2. The third kappa shape index (κ3) is 2.41. The van der Waals surface area contributed by atoms with E-state index in [1.54, 1.807) is 0 Å². The Bertz CT molecular complexity index is 614. The highest BCUT2D eigenvalue weighted by atomic mass is 32.2. The van der Waals surface area contributed by atoms with Gasteiger partial charge in [0.25, 0.3) is 0 Å². The molecule has 0 saturated heterocycles. The molecule has 0 bridgehead atoms. The first-order valence-electron chi connectivity index (χ1n) is 7.79. The van der Waals surface area contributed by atoms with Crippen LogP contribution in [0.3, 0.4) is 0 Å². The van der Waals surface area contributed by atoms with Gasteiger partial charge in [0, 0.05) is 10.1 Å². The van der Waals surface area contributed by atoms with Gasteiger partial charge in [0.1, 0.15) is 0 Å². The molecule has 2 aromatic carbocycles. The van der Waals surface area contributed by atoms with Crippen molar-refractivity contribution in [1.82, 2.24) is 0 Å². The van der Waals surface area contributed by atoms with Gasteiger partial charge in [-0.15, -0.1) is 11.8 Å². The molecular weight excluding hydrogens is 274 g/mol. The van der Waals surface area contributed by atoms with Crippen LogP contribution in [0.15, 0.2) is 53.4 Å². The molecule has 108 valence electrons. The SMILES string of the molecule is NCC1(CC2Cc3ccccc3S2)Cc2ccccc2C1. The van der Waals surface area contributed by atoms with Crippen molar-refractivity contribution in [2.45, 2.75) is 35.8 Å². The van der Waals surface area contributed by atoms with Gasteiger partial charge in [-0.25, -0.2) is 0 Å². The molecular formula is C19H21NS. The third-order valence-corrected chi connectivity index (χ3v) is 6.38. The summed E-state index contributed by atoms with van der Waals surface area (Å²) in [6.07, 6.45) is 4.76. The molecule has 0 aromatic heterocycles. The first kappa shape index (κ1) is 13.4. The molecule has 0 fully saturated rings. The van der Waals surface area contributed by atoms with Crippen molar-refractivity contribution in [3.05, 3.63) is 65.2 Å². The van der Waals surface area contributed by atoms with Crippen LogP contribution in [0.25, 0.3) is 0 Å². The van der Waals surface area contributed by atoms with Crippen LogP contribution in [0.4, 0.5) is 0 Å². The summed E-state index contributed by atoms with van der Waals surface area (Å²) < 4.78 is 0. The van der Waals surface area contributed by atoms with Gasteiger partial charge in [-0.05, 0) is 60.4 Å². The lowest BCUT2D eigenvalue weighted by Crippen LogP contribution is -2.34. The molecule has 0 amide bonds. The summed E-state index contributed by atoms with van der Waals surface area (Å²) in [4.78, 5) is 1.48. The number of benzene rings is 2. The van der Waals surface area contributed by atoms with Crippen molar-refractivity contribution in [3.63, 3.8) is 0 Å². The van der Waals surface area contributed by atoms with E-state index < -0.39 is 0 Å². The van der Waals surface area contributed by atoms with Gasteiger partial charge in [0.05, 0.1) is 0 Å². The highest BCUT2D eigenvalue weighted by molar-refractivity contribution is 8.00. The summed E-state index contributed by atoms with van der Waals surface area (Å²) in [6.45, 7) is 0.801. The molecule has 0 spiro atoms. The number of rotatable bonds is 3. The van der Waals surface area contributed by atoms with Crippen LogP contribution < -0.4 is 5.73 Å². The van der Waals surface area contributed by atoms with Crippen LogP contribution in [0.2, 0.25) is 0 Å². The maximum atomic E-state index is 6.22. The van der Waals surface area contributed by atoms with E-state index in [2.05, 4.69) is 60.3 Å². The molecule has 1 nitrogen and oxygen atoms in total. The first-order chi connectivity index (χ1) is 10.3. The van der Waals surface area contributed by atoms with E-state index in [0.717, 1.165) is 19.4 Å². The summed E-state index contributed by atoms with van der Waals surface area (Å²) >= 11 is 2.06. The number of thioether (sulfide) groups is 1.